The van der Waals surface area contributed by atoms with E-state index in [-0.39, 0.29) is 5.97 Å². The summed E-state index contributed by atoms with van der Waals surface area (Å²) in [5.74, 6) is 0.313. The van der Waals surface area contributed by atoms with Crippen molar-refractivity contribution in [2.75, 3.05) is 18.5 Å². The Morgan fingerprint density at radius 2 is 2.20 bits per heavy atom. The van der Waals surface area contributed by atoms with E-state index in [9.17, 15) is 4.79 Å². The van der Waals surface area contributed by atoms with Crippen molar-refractivity contribution >= 4 is 23.3 Å². The van der Waals surface area contributed by atoms with E-state index in [1.807, 2.05) is 0 Å². The van der Waals surface area contributed by atoms with Crippen molar-refractivity contribution in [3.05, 3.63) is 23.0 Å². The quantitative estimate of drug-likeness (QED) is 0.661. The fraction of sp³-hybridized carbons (Fsp3) is 0.600. The summed E-state index contributed by atoms with van der Waals surface area (Å²) in [4.78, 5) is 15.8. The van der Waals surface area contributed by atoms with Crippen LogP contribution in [0.15, 0.2) is 12.3 Å². The summed E-state index contributed by atoms with van der Waals surface area (Å²) >= 11 is 5.92. The first-order valence-corrected chi connectivity index (χ1v) is 7.65. The van der Waals surface area contributed by atoms with Gasteiger partial charge in [0.2, 0.25) is 0 Å². The molecule has 1 heterocycles. The number of carbonyl (C=O) groups is 1. The second-order valence-corrected chi connectivity index (χ2v) is 5.55. The van der Waals surface area contributed by atoms with Gasteiger partial charge < -0.3 is 10.1 Å². The molecule has 0 aromatic carbocycles. The Kier molecular flexibility index (Phi) is 5.65. The van der Waals surface area contributed by atoms with Crippen LogP contribution in [0.3, 0.4) is 0 Å². The molecule has 2 rings (SSSR count). The number of nitrogens with zero attached hydrogens (tertiary/aromatic N) is 1. The average molecular weight is 297 g/mol. The Hall–Kier alpha value is -1.29. The summed E-state index contributed by atoms with van der Waals surface area (Å²) in [5.41, 5.74) is 1.17. The van der Waals surface area contributed by atoms with Gasteiger partial charge >= 0.3 is 5.97 Å². The van der Waals surface area contributed by atoms with E-state index in [0.29, 0.717) is 28.9 Å². The molecule has 0 aliphatic heterocycles. The Bertz CT molecular complexity index is 459. The highest BCUT2D eigenvalue weighted by Gasteiger charge is 2.17. The summed E-state index contributed by atoms with van der Waals surface area (Å²) in [5, 5.41) is 3.72. The van der Waals surface area contributed by atoms with Gasteiger partial charge in [0.25, 0.3) is 0 Å². The number of esters is 1. The summed E-state index contributed by atoms with van der Waals surface area (Å²) in [6, 6.07) is 1.69. The number of aromatic nitrogens is 1. The molecule has 5 heteroatoms. The van der Waals surface area contributed by atoms with Gasteiger partial charge in [0.15, 0.2) is 0 Å². The van der Waals surface area contributed by atoms with Crippen molar-refractivity contribution in [1.29, 1.82) is 0 Å². The van der Waals surface area contributed by atoms with E-state index < -0.39 is 0 Å². The average Bonchev–Trinajstić information content (AvgIpc) is 2.46. The van der Waals surface area contributed by atoms with Crippen molar-refractivity contribution in [3.63, 3.8) is 0 Å². The van der Waals surface area contributed by atoms with Crippen LogP contribution in [0.1, 0.15) is 49.4 Å². The van der Waals surface area contributed by atoms with Crippen LogP contribution in [0.25, 0.3) is 0 Å². The molecule has 1 aliphatic carbocycles. The van der Waals surface area contributed by atoms with Crippen molar-refractivity contribution < 1.29 is 9.53 Å². The predicted molar refractivity (Wildman–Crippen MR) is 80.3 cm³/mol. The Morgan fingerprint density at radius 1 is 1.45 bits per heavy atom. The van der Waals surface area contributed by atoms with E-state index in [1.165, 1.54) is 38.3 Å². The third-order valence-corrected chi connectivity index (χ3v) is 3.88. The largest absolute Gasteiger partial charge is 0.462 e. The smallest absolute Gasteiger partial charge is 0.341 e. The third-order valence-electron chi connectivity index (χ3n) is 3.67. The molecule has 1 saturated carbocycles. The SMILES string of the molecule is CCOC(=O)c1cnc(Cl)cc1NCC1CCCCC1. The van der Waals surface area contributed by atoms with Crippen molar-refractivity contribution in [3.8, 4) is 0 Å². The lowest BCUT2D eigenvalue weighted by Gasteiger charge is -2.22. The molecular weight excluding hydrogens is 276 g/mol. The maximum absolute atomic E-state index is 11.9. The van der Waals surface area contributed by atoms with E-state index in [4.69, 9.17) is 16.3 Å². The van der Waals surface area contributed by atoms with Gasteiger partial charge in [-0.25, -0.2) is 9.78 Å². The maximum Gasteiger partial charge on any atom is 0.341 e. The Balaban J connectivity index is 2.04. The molecule has 1 fully saturated rings. The normalized spacial score (nSPS) is 15.9. The first-order chi connectivity index (χ1) is 9.70. The van der Waals surface area contributed by atoms with Crippen LogP contribution in [0.5, 0.6) is 0 Å². The van der Waals surface area contributed by atoms with Gasteiger partial charge in [-0.05, 0) is 31.7 Å². The molecule has 0 unspecified atom stereocenters. The lowest BCUT2D eigenvalue weighted by Crippen LogP contribution is -2.19. The zero-order valence-corrected chi connectivity index (χ0v) is 12.6. The summed E-state index contributed by atoms with van der Waals surface area (Å²) in [7, 11) is 0. The minimum Gasteiger partial charge on any atom is -0.462 e. The van der Waals surface area contributed by atoms with Crippen LogP contribution in [0, 0.1) is 5.92 Å². The Labute approximate surface area is 124 Å². The molecule has 4 nitrogen and oxygen atoms in total. The first kappa shape index (κ1) is 15.1. The van der Waals surface area contributed by atoms with Gasteiger partial charge in [-0.15, -0.1) is 0 Å². The zero-order valence-electron chi connectivity index (χ0n) is 11.8. The zero-order chi connectivity index (χ0) is 14.4. The highest BCUT2D eigenvalue weighted by atomic mass is 35.5. The molecule has 0 amide bonds. The molecule has 20 heavy (non-hydrogen) atoms. The van der Waals surface area contributed by atoms with Crippen molar-refractivity contribution in [1.82, 2.24) is 4.98 Å². The van der Waals surface area contributed by atoms with E-state index in [1.54, 1.807) is 13.0 Å². The minimum absolute atomic E-state index is 0.351. The van der Waals surface area contributed by atoms with Crippen molar-refractivity contribution in [2.24, 2.45) is 5.92 Å². The molecule has 0 saturated heterocycles. The van der Waals surface area contributed by atoms with Crippen LogP contribution >= 0.6 is 11.6 Å². The number of carbonyl (C=O) groups excluding carboxylic acids is 1. The van der Waals surface area contributed by atoms with Crippen LogP contribution in [-0.2, 0) is 4.74 Å². The van der Waals surface area contributed by atoms with Crippen LogP contribution < -0.4 is 5.32 Å². The monoisotopic (exact) mass is 296 g/mol. The molecular formula is C15H21ClN2O2. The van der Waals surface area contributed by atoms with Gasteiger partial charge in [-0.2, -0.15) is 0 Å². The van der Waals surface area contributed by atoms with Crippen molar-refractivity contribution in [2.45, 2.75) is 39.0 Å². The number of anilines is 1. The van der Waals surface area contributed by atoms with Crippen LogP contribution in [0.2, 0.25) is 5.15 Å². The van der Waals surface area contributed by atoms with Gasteiger partial charge in [-0.1, -0.05) is 30.9 Å². The number of ether oxygens (including phenoxy) is 1. The fourth-order valence-electron chi connectivity index (χ4n) is 2.59. The van der Waals surface area contributed by atoms with Gasteiger partial charge in [-0.3, -0.25) is 0 Å². The second-order valence-electron chi connectivity index (χ2n) is 5.16. The highest BCUT2D eigenvalue weighted by molar-refractivity contribution is 6.29. The number of pyridine rings is 1. The molecule has 110 valence electrons. The minimum atomic E-state index is -0.359. The predicted octanol–water partition coefficient (Wildman–Crippen LogP) is 3.90. The third kappa shape index (κ3) is 4.10. The maximum atomic E-state index is 11.9. The van der Waals surface area contributed by atoms with E-state index in [0.717, 1.165) is 6.54 Å². The summed E-state index contributed by atoms with van der Waals surface area (Å²) in [6.45, 7) is 3.01. The molecule has 0 bridgehead atoms. The summed E-state index contributed by atoms with van der Waals surface area (Å²) < 4.78 is 5.04. The molecule has 0 spiro atoms. The molecule has 0 radical (unpaired) electrons. The van der Waals surface area contributed by atoms with Gasteiger partial charge in [0.05, 0.1) is 12.3 Å². The molecule has 1 aromatic heterocycles. The number of hydrogen-bond acceptors (Lipinski definition) is 4. The van der Waals surface area contributed by atoms with Gasteiger partial charge in [0.1, 0.15) is 10.7 Å². The molecule has 1 N–H and O–H groups in total. The lowest BCUT2D eigenvalue weighted by molar-refractivity contribution is 0.0527. The van der Waals surface area contributed by atoms with Gasteiger partial charge in [0, 0.05) is 12.7 Å². The number of nitrogens with one attached hydrogen (secondary N) is 1. The molecule has 0 atom stereocenters. The Morgan fingerprint density at radius 3 is 2.90 bits per heavy atom. The standard InChI is InChI=1S/C15H21ClN2O2/c1-2-20-15(19)12-10-18-14(16)8-13(12)17-9-11-6-4-3-5-7-11/h8,10-11H,2-7,9H2,1H3,(H,17,18). The highest BCUT2D eigenvalue weighted by Crippen LogP contribution is 2.25. The number of hydrogen-bond donors (Lipinski definition) is 1. The van der Waals surface area contributed by atoms with Crippen LogP contribution in [-0.4, -0.2) is 24.1 Å². The number of halogens is 1. The van der Waals surface area contributed by atoms with Crippen LogP contribution in [0.4, 0.5) is 5.69 Å². The first-order valence-electron chi connectivity index (χ1n) is 7.27. The second kappa shape index (κ2) is 7.48. The topological polar surface area (TPSA) is 51.2 Å². The summed E-state index contributed by atoms with van der Waals surface area (Å²) in [6.07, 6.45) is 7.92. The van der Waals surface area contributed by atoms with E-state index >= 15 is 0 Å². The fourth-order valence-corrected chi connectivity index (χ4v) is 2.75. The van der Waals surface area contributed by atoms with E-state index in [2.05, 4.69) is 10.3 Å². The molecule has 1 aliphatic rings. The molecule has 1 aromatic rings. The number of rotatable bonds is 5. The lowest BCUT2D eigenvalue weighted by atomic mass is 9.89.